The fraction of sp³-hybridized carbons (Fsp3) is 0.800. The Morgan fingerprint density at radius 3 is 1.98 bits per heavy atom. The number of esters is 2. The molecule has 5 aliphatic carbocycles. The Morgan fingerprint density at radius 2 is 1.39 bits per heavy atom. The van der Waals surface area contributed by atoms with E-state index in [-0.39, 0.29) is 97.3 Å². The van der Waals surface area contributed by atoms with Gasteiger partial charge in [-0.15, -0.1) is 24.8 Å². The summed E-state index contributed by atoms with van der Waals surface area (Å²) in [5.41, 5.74) is -2.71. The van der Waals surface area contributed by atoms with E-state index in [1.54, 1.807) is 0 Å². The zero-order chi connectivity index (χ0) is 31.7. The van der Waals surface area contributed by atoms with Crippen molar-refractivity contribution in [2.75, 3.05) is 48.3 Å². The molecule has 7 aliphatic rings. The van der Waals surface area contributed by atoms with Gasteiger partial charge in [0.1, 0.15) is 41.0 Å². The lowest BCUT2D eigenvalue weighted by molar-refractivity contribution is -0.873. The summed E-state index contributed by atoms with van der Waals surface area (Å²) < 4.78 is 13.1. The van der Waals surface area contributed by atoms with E-state index in [1.165, 1.54) is 0 Å². The van der Waals surface area contributed by atoms with Crippen molar-refractivity contribution in [2.45, 2.75) is 74.8 Å². The van der Waals surface area contributed by atoms with E-state index in [2.05, 4.69) is 34.3 Å². The van der Waals surface area contributed by atoms with Crippen molar-refractivity contribution in [3.8, 4) is 0 Å². The molecule has 0 radical (unpaired) electrons. The van der Waals surface area contributed by atoms with Crippen LogP contribution in [0.2, 0.25) is 0 Å². The van der Waals surface area contributed by atoms with Crippen molar-refractivity contribution in [3.05, 3.63) is 24.3 Å². The molecule has 258 valence electrons. The lowest BCUT2D eigenvalue weighted by atomic mass is 9.59. The predicted octanol–water partition coefficient (Wildman–Crippen LogP) is 1.78. The number of fused-ring (bicyclic) bond motifs is 10. The largest absolute Gasteiger partial charge is 0.461 e. The van der Waals surface area contributed by atoms with Crippen LogP contribution < -0.4 is 4.90 Å². The standard InChI is InChI=1S/C35H51N2O7.2ClH/c1-18-8-11-21-25(17-37(5,6)7)32(40)43-29(21)27-22(18)14-26(38)33(27)12-13-34(41)28-23(15-35(33,34)42)19(2)9-10-20-24(16-36(3)4)31(39)44-30(20)28;;/h20-25,27-30,41-42H,1-2,8-17H2,3-7H3;2*1H/q+1;;/p+1/t20-,21-,22-,23-,24?,25?,27-,28-,29-,30-,33+,34-,35-;;/m0../s1. The number of halogens is 2. The highest BCUT2D eigenvalue weighted by atomic mass is 35.5. The quantitative estimate of drug-likeness (QED) is 0.235. The van der Waals surface area contributed by atoms with E-state index in [0.29, 0.717) is 30.4 Å². The molecule has 2 heterocycles. The van der Waals surface area contributed by atoms with Gasteiger partial charge >= 0.3 is 11.9 Å². The minimum absolute atomic E-state index is 0. The van der Waals surface area contributed by atoms with Crippen molar-refractivity contribution in [1.82, 2.24) is 0 Å². The van der Waals surface area contributed by atoms with Crippen molar-refractivity contribution in [2.24, 2.45) is 52.8 Å². The first-order valence-electron chi connectivity index (χ1n) is 16.9. The van der Waals surface area contributed by atoms with Gasteiger partial charge in [-0.3, -0.25) is 14.4 Å². The van der Waals surface area contributed by atoms with Crippen molar-refractivity contribution >= 4 is 42.5 Å². The fourth-order valence-corrected chi connectivity index (χ4v) is 11.8. The van der Waals surface area contributed by atoms with E-state index in [4.69, 9.17) is 9.47 Å². The van der Waals surface area contributed by atoms with Crippen LogP contribution in [-0.4, -0.2) is 104 Å². The molecule has 3 N–H and O–H groups in total. The van der Waals surface area contributed by atoms with Crippen LogP contribution in [0.3, 0.4) is 0 Å². The van der Waals surface area contributed by atoms with Gasteiger partial charge in [-0.25, -0.2) is 0 Å². The Hall–Kier alpha value is -1.49. The summed E-state index contributed by atoms with van der Waals surface area (Å²) in [6, 6.07) is 0. The van der Waals surface area contributed by atoms with Crippen LogP contribution >= 0.6 is 24.8 Å². The first-order chi connectivity index (χ1) is 20.5. The molecule has 11 heteroatoms. The smallest absolute Gasteiger partial charge is 0.315 e. The summed E-state index contributed by atoms with van der Waals surface area (Å²) in [4.78, 5) is 42.5. The number of Topliss-reactive ketones (excluding diaryl/α,β-unsaturated/α-hetero) is 1. The molecule has 7 rings (SSSR count). The van der Waals surface area contributed by atoms with Crippen LogP contribution in [0.1, 0.15) is 51.4 Å². The number of ether oxygens (including phenoxy) is 2. The SMILES string of the molecule is C=C1CC[C@H]2C(C[NH+](C)C)C(=O)O[C@@H]2[C@@H]2[C@H]1C[C@@]1(O)[C@]2(O)CC[C@]12C(=O)C[C@H]1C(=C)CC[C@H]3C(C[N+](C)(C)C)C(=O)O[C@@H]3[C@H]12.Cl.Cl. The normalized spacial score (nSPS) is 47.6. The molecular formula is C35H54Cl2N2O7+2. The molecule has 2 aliphatic heterocycles. The van der Waals surface area contributed by atoms with E-state index in [1.807, 2.05) is 14.1 Å². The van der Waals surface area contributed by atoms with Gasteiger partial charge in [-0.2, -0.15) is 0 Å². The van der Waals surface area contributed by atoms with Crippen LogP contribution in [0.25, 0.3) is 0 Å². The Bertz CT molecular complexity index is 1330. The number of ketones is 1. The van der Waals surface area contributed by atoms with Crippen LogP contribution in [0.15, 0.2) is 24.3 Å². The van der Waals surface area contributed by atoms with Gasteiger partial charge in [-0.05, 0) is 56.8 Å². The number of aliphatic hydroxyl groups is 2. The molecule has 13 atom stereocenters. The van der Waals surface area contributed by atoms with Crippen molar-refractivity contribution in [1.29, 1.82) is 0 Å². The highest BCUT2D eigenvalue weighted by molar-refractivity contribution is 5.91. The minimum Gasteiger partial charge on any atom is -0.461 e. The van der Waals surface area contributed by atoms with Gasteiger partial charge in [0.25, 0.3) is 0 Å². The molecule has 2 saturated heterocycles. The van der Waals surface area contributed by atoms with Gasteiger partial charge in [-0.1, -0.05) is 24.3 Å². The molecule has 5 saturated carbocycles. The summed E-state index contributed by atoms with van der Waals surface area (Å²) in [5.74, 6) is -2.67. The van der Waals surface area contributed by atoms with Crippen molar-refractivity contribution < 1.29 is 43.5 Å². The number of nitrogens with zero attached hydrogens (tertiary/aromatic N) is 1. The molecule has 46 heavy (non-hydrogen) atoms. The number of quaternary nitrogens is 2. The van der Waals surface area contributed by atoms with Crippen LogP contribution in [0.5, 0.6) is 0 Å². The lowest BCUT2D eigenvalue weighted by Crippen LogP contribution is -3.06. The number of rotatable bonds is 4. The molecule has 0 amide bonds. The maximum atomic E-state index is 14.5. The summed E-state index contributed by atoms with van der Waals surface area (Å²) in [5, 5.41) is 26.1. The zero-order valence-electron chi connectivity index (χ0n) is 28.0. The molecule has 2 unspecified atom stereocenters. The lowest BCUT2D eigenvalue weighted by Gasteiger charge is -2.48. The van der Waals surface area contributed by atoms with Gasteiger partial charge in [0.15, 0.2) is 0 Å². The second-order valence-electron chi connectivity index (χ2n) is 17.0. The summed E-state index contributed by atoms with van der Waals surface area (Å²) in [6.45, 7) is 10.2. The van der Waals surface area contributed by atoms with Crippen molar-refractivity contribution in [3.63, 3.8) is 0 Å². The van der Waals surface area contributed by atoms with E-state index in [9.17, 15) is 24.6 Å². The summed E-state index contributed by atoms with van der Waals surface area (Å²) in [7, 11) is 10.3. The first-order valence-corrected chi connectivity index (χ1v) is 16.9. The number of carbonyl (C=O) groups is 3. The van der Waals surface area contributed by atoms with E-state index < -0.39 is 40.7 Å². The molecule has 0 aromatic heterocycles. The number of carbonyl (C=O) groups excluding carboxylic acids is 3. The third-order valence-electron chi connectivity index (χ3n) is 13.5. The molecular weight excluding hydrogens is 631 g/mol. The molecule has 0 aromatic rings. The second kappa shape index (κ2) is 11.5. The van der Waals surface area contributed by atoms with Gasteiger partial charge in [0.2, 0.25) is 0 Å². The highest BCUT2D eigenvalue weighted by Gasteiger charge is 2.83. The van der Waals surface area contributed by atoms with Gasteiger partial charge < -0.3 is 29.1 Å². The molecule has 0 aromatic carbocycles. The fourth-order valence-electron chi connectivity index (χ4n) is 11.8. The Balaban J connectivity index is 0.00000208. The summed E-state index contributed by atoms with van der Waals surface area (Å²) >= 11 is 0. The van der Waals surface area contributed by atoms with E-state index in [0.717, 1.165) is 35.3 Å². The van der Waals surface area contributed by atoms with Gasteiger partial charge in [0.05, 0.1) is 53.7 Å². The second-order valence-corrected chi connectivity index (χ2v) is 17.0. The molecule has 9 nitrogen and oxygen atoms in total. The number of nitrogens with one attached hydrogen (secondary N) is 1. The third-order valence-corrected chi connectivity index (χ3v) is 13.5. The van der Waals surface area contributed by atoms with Crippen LogP contribution in [0, 0.1) is 52.8 Å². The first kappa shape index (κ1) is 35.8. The Morgan fingerprint density at radius 1 is 0.848 bits per heavy atom. The molecule has 0 bridgehead atoms. The maximum absolute atomic E-state index is 14.5. The Kier molecular flexibility index (Phi) is 8.99. The third kappa shape index (κ3) is 4.65. The maximum Gasteiger partial charge on any atom is 0.315 e. The Labute approximate surface area is 285 Å². The molecule has 1 spiro atoms. The highest BCUT2D eigenvalue weighted by Crippen LogP contribution is 2.74. The van der Waals surface area contributed by atoms with Crippen LogP contribution in [0.4, 0.5) is 0 Å². The number of hydrogen-bond acceptors (Lipinski definition) is 7. The average Bonchev–Trinajstić information content (AvgIpc) is 3.57. The number of hydrogen-bond donors (Lipinski definition) is 3. The minimum atomic E-state index is -1.76. The topological polar surface area (TPSA) is 115 Å². The average molecular weight is 686 g/mol. The van der Waals surface area contributed by atoms with Crippen LogP contribution in [-0.2, 0) is 23.9 Å². The predicted molar refractivity (Wildman–Crippen MR) is 175 cm³/mol. The van der Waals surface area contributed by atoms with E-state index >= 15 is 0 Å². The molecule has 7 fully saturated rings. The van der Waals surface area contributed by atoms with Gasteiger partial charge in [0, 0.05) is 30.1 Å². The zero-order valence-corrected chi connectivity index (χ0v) is 29.6. The summed E-state index contributed by atoms with van der Waals surface area (Å²) in [6.07, 6.45) is 2.89. The number of allylic oxidation sites excluding steroid dienone is 2. The monoisotopic (exact) mass is 684 g/mol.